The molecule has 134 valence electrons. The van der Waals surface area contributed by atoms with E-state index in [1.54, 1.807) is 24.3 Å². The fourth-order valence-electron chi connectivity index (χ4n) is 2.44. The molecule has 0 atom stereocenters. The Morgan fingerprint density at radius 3 is 2.62 bits per heavy atom. The number of rotatable bonds is 3. The molecule has 0 unspecified atom stereocenters. The van der Waals surface area contributed by atoms with Crippen molar-refractivity contribution >= 4 is 22.5 Å². The topological polar surface area (TPSA) is 64.0 Å². The van der Waals surface area contributed by atoms with Gasteiger partial charge in [0, 0.05) is 11.1 Å². The number of carbonyl (C=O) groups is 1. The number of aromatic nitrogens is 2. The van der Waals surface area contributed by atoms with Gasteiger partial charge in [0.05, 0.1) is 17.3 Å². The summed E-state index contributed by atoms with van der Waals surface area (Å²) in [6.07, 6.45) is -3.82. The second-order valence-corrected chi connectivity index (χ2v) is 5.42. The van der Waals surface area contributed by atoms with Crippen molar-refractivity contribution < 1.29 is 22.4 Å². The summed E-state index contributed by atoms with van der Waals surface area (Å²) in [6, 6.07) is 8.66. The van der Waals surface area contributed by atoms with E-state index < -0.39 is 23.5 Å². The number of hydrogen-bond donors (Lipinski definition) is 1. The molecule has 1 aromatic heterocycles. The number of fused-ring (bicyclic) bond motifs is 1. The Morgan fingerprint density at radius 2 is 1.88 bits per heavy atom. The first kappa shape index (κ1) is 17.6. The van der Waals surface area contributed by atoms with Crippen LogP contribution >= 0.6 is 0 Å². The fourth-order valence-corrected chi connectivity index (χ4v) is 2.44. The van der Waals surface area contributed by atoms with E-state index in [0.29, 0.717) is 23.0 Å². The molecular formula is C17H11F4N3O2. The molecule has 2 aromatic carbocycles. The standard InChI is InChI=1S/C17H11F4N3O2/c18-13-6-5-10(7-12(13)17(19,20)21)23-16(26)9-24-14-4-2-1-3-11(14)15(25)8-22-24/h1-8H,9H2,(H,23,26). The lowest BCUT2D eigenvalue weighted by Crippen LogP contribution is -2.22. The lowest BCUT2D eigenvalue weighted by atomic mass is 10.2. The third kappa shape index (κ3) is 3.56. The third-order valence-corrected chi connectivity index (χ3v) is 3.61. The van der Waals surface area contributed by atoms with Crippen LogP contribution in [0.3, 0.4) is 0 Å². The zero-order valence-electron chi connectivity index (χ0n) is 13.0. The van der Waals surface area contributed by atoms with Crippen molar-refractivity contribution in [3.63, 3.8) is 0 Å². The molecule has 0 aliphatic rings. The zero-order chi connectivity index (χ0) is 18.9. The maximum atomic E-state index is 13.3. The van der Waals surface area contributed by atoms with Crippen molar-refractivity contribution in [3.05, 3.63) is 70.3 Å². The van der Waals surface area contributed by atoms with Crippen molar-refractivity contribution in [2.45, 2.75) is 12.7 Å². The molecule has 0 aliphatic carbocycles. The summed E-state index contributed by atoms with van der Waals surface area (Å²) in [5, 5.41) is 6.48. The highest BCUT2D eigenvalue weighted by molar-refractivity contribution is 5.91. The van der Waals surface area contributed by atoms with Crippen molar-refractivity contribution in [2.24, 2.45) is 0 Å². The number of anilines is 1. The second kappa shape index (κ2) is 6.58. The fraction of sp³-hybridized carbons (Fsp3) is 0.118. The lowest BCUT2D eigenvalue weighted by molar-refractivity contribution is -0.140. The number of nitrogens with zero attached hydrogens (tertiary/aromatic N) is 2. The summed E-state index contributed by atoms with van der Waals surface area (Å²) in [5.41, 5.74) is -1.58. The highest BCUT2D eigenvalue weighted by atomic mass is 19.4. The van der Waals surface area contributed by atoms with Crippen LogP contribution < -0.4 is 10.7 Å². The van der Waals surface area contributed by atoms with Gasteiger partial charge in [-0.2, -0.15) is 18.3 Å². The average molecular weight is 365 g/mol. The molecule has 0 saturated heterocycles. The van der Waals surface area contributed by atoms with Crippen LogP contribution in [0.5, 0.6) is 0 Å². The number of para-hydroxylation sites is 1. The normalized spacial score (nSPS) is 11.5. The summed E-state index contributed by atoms with van der Waals surface area (Å²) < 4.78 is 52.7. The Hall–Kier alpha value is -3.23. The van der Waals surface area contributed by atoms with E-state index in [4.69, 9.17) is 0 Å². The van der Waals surface area contributed by atoms with E-state index in [-0.39, 0.29) is 17.7 Å². The molecule has 26 heavy (non-hydrogen) atoms. The van der Waals surface area contributed by atoms with Crippen molar-refractivity contribution in [2.75, 3.05) is 5.32 Å². The van der Waals surface area contributed by atoms with Crippen LogP contribution in [0, 0.1) is 5.82 Å². The van der Waals surface area contributed by atoms with Crippen LogP contribution in [0.1, 0.15) is 5.56 Å². The number of benzene rings is 2. The quantitative estimate of drug-likeness (QED) is 0.725. The largest absolute Gasteiger partial charge is 0.419 e. The first-order chi connectivity index (χ1) is 12.3. The molecule has 1 heterocycles. The monoisotopic (exact) mass is 365 g/mol. The van der Waals surface area contributed by atoms with E-state index in [1.807, 2.05) is 0 Å². The molecule has 3 rings (SSSR count). The molecule has 1 amide bonds. The smallest absolute Gasteiger partial charge is 0.324 e. The molecule has 3 aromatic rings. The van der Waals surface area contributed by atoms with Gasteiger partial charge < -0.3 is 5.32 Å². The van der Waals surface area contributed by atoms with Crippen LogP contribution in [-0.2, 0) is 17.5 Å². The molecule has 0 bridgehead atoms. The van der Waals surface area contributed by atoms with Crippen LogP contribution in [0.4, 0.5) is 23.2 Å². The van der Waals surface area contributed by atoms with E-state index in [9.17, 15) is 27.2 Å². The summed E-state index contributed by atoms with van der Waals surface area (Å²) >= 11 is 0. The van der Waals surface area contributed by atoms with E-state index in [0.717, 1.165) is 12.3 Å². The van der Waals surface area contributed by atoms with Gasteiger partial charge in [0.1, 0.15) is 12.4 Å². The van der Waals surface area contributed by atoms with Crippen LogP contribution in [0.25, 0.3) is 10.9 Å². The maximum Gasteiger partial charge on any atom is 0.419 e. The Labute approximate surface area is 143 Å². The SMILES string of the molecule is O=C(Cn1ncc(=O)c2ccccc21)Nc1ccc(F)c(C(F)(F)F)c1. The second-order valence-electron chi connectivity index (χ2n) is 5.42. The molecule has 0 fully saturated rings. The summed E-state index contributed by atoms with van der Waals surface area (Å²) in [5.74, 6) is -2.10. The molecule has 5 nitrogen and oxygen atoms in total. The van der Waals surface area contributed by atoms with Crippen LogP contribution in [0.2, 0.25) is 0 Å². The molecule has 0 aliphatic heterocycles. The van der Waals surface area contributed by atoms with Gasteiger partial charge in [-0.1, -0.05) is 12.1 Å². The van der Waals surface area contributed by atoms with Crippen LogP contribution in [0.15, 0.2) is 53.5 Å². The molecular weight excluding hydrogens is 354 g/mol. The minimum absolute atomic E-state index is 0.200. The van der Waals surface area contributed by atoms with Gasteiger partial charge in [0.2, 0.25) is 11.3 Å². The van der Waals surface area contributed by atoms with E-state index in [2.05, 4.69) is 10.4 Å². The number of hydrogen-bond acceptors (Lipinski definition) is 3. The average Bonchev–Trinajstić information content (AvgIpc) is 2.58. The highest BCUT2D eigenvalue weighted by Gasteiger charge is 2.34. The van der Waals surface area contributed by atoms with Gasteiger partial charge in [-0.15, -0.1) is 0 Å². The van der Waals surface area contributed by atoms with Gasteiger partial charge in [0.25, 0.3) is 0 Å². The maximum absolute atomic E-state index is 13.3. The van der Waals surface area contributed by atoms with Gasteiger partial charge in [-0.05, 0) is 30.3 Å². The van der Waals surface area contributed by atoms with Gasteiger partial charge in [-0.25, -0.2) is 4.39 Å². The molecule has 9 heteroatoms. The predicted octanol–water partition coefficient (Wildman–Crippen LogP) is 3.19. The molecule has 0 saturated carbocycles. The molecule has 0 spiro atoms. The summed E-state index contributed by atoms with van der Waals surface area (Å²) in [6.45, 7) is -0.334. The molecule has 1 N–H and O–H groups in total. The van der Waals surface area contributed by atoms with Crippen LogP contribution in [-0.4, -0.2) is 15.7 Å². The minimum atomic E-state index is -4.87. The summed E-state index contributed by atoms with van der Waals surface area (Å²) in [7, 11) is 0. The Kier molecular flexibility index (Phi) is 4.45. The third-order valence-electron chi connectivity index (χ3n) is 3.61. The Bertz CT molecular complexity index is 1040. The van der Waals surface area contributed by atoms with Gasteiger partial charge in [-0.3, -0.25) is 14.3 Å². The summed E-state index contributed by atoms with van der Waals surface area (Å²) in [4.78, 5) is 23.9. The number of nitrogens with one attached hydrogen (secondary N) is 1. The van der Waals surface area contributed by atoms with Crippen molar-refractivity contribution in [3.8, 4) is 0 Å². The number of amides is 1. The molecule has 0 radical (unpaired) electrons. The predicted molar refractivity (Wildman–Crippen MR) is 86.0 cm³/mol. The first-order valence-corrected chi connectivity index (χ1v) is 7.37. The highest BCUT2D eigenvalue weighted by Crippen LogP contribution is 2.32. The minimum Gasteiger partial charge on any atom is -0.324 e. The van der Waals surface area contributed by atoms with Crippen molar-refractivity contribution in [1.82, 2.24) is 9.78 Å². The van der Waals surface area contributed by atoms with E-state index >= 15 is 0 Å². The van der Waals surface area contributed by atoms with Crippen molar-refractivity contribution in [1.29, 1.82) is 0 Å². The first-order valence-electron chi connectivity index (χ1n) is 7.37. The zero-order valence-corrected chi connectivity index (χ0v) is 13.0. The van der Waals surface area contributed by atoms with Gasteiger partial charge in [0.15, 0.2) is 0 Å². The lowest BCUT2D eigenvalue weighted by Gasteiger charge is -2.12. The Balaban J connectivity index is 1.85. The number of carbonyl (C=O) groups excluding carboxylic acids is 1. The number of alkyl halides is 3. The van der Waals surface area contributed by atoms with Gasteiger partial charge >= 0.3 is 6.18 Å². The number of halogens is 4. The Morgan fingerprint density at radius 1 is 1.15 bits per heavy atom. The van der Waals surface area contributed by atoms with E-state index in [1.165, 1.54) is 4.68 Å².